The van der Waals surface area contributed by atoms with Gasteiger partial charge in [0, 0.05) is 20.6 Å². The number of aryl methyl sites for hydroxylation is 1. The number of carbonyl (C=O) groups is 1. The molecule has 4 nitrogen and oxygen atoms in total. The Kier molecular flexibility index (Phi) is 5.66. The number of halogens is 1. The van der Waals surface area contributed by atoms with Crippen molar-refractivity contribution in [1.82, 2.24) is 0 Å². The van der Waals surface area contributed by atoms with Crippen LogP contribution in [0.2, 0.25) is 0 Å². The molecule has 0 atom stereocenters. The summed E-state index contributed by atoms with van der Waals surface area (Å²) in [5, 5.41) is 0. The van der Waals surface area contributed by atoms with Gasteiger partial charge in [0.2, 0.25) is 0 Å². The summed E-state index contributed by atoms with van der Waals surface area (Å²) in [7, 11) is -0.853. The molecule has 0 fully saturated rings. The molecule has 0 aliphatic rings. The third kappa shape index (κ3) is 4.33. The number of hydrogen-bond donors (Lipinski definition) is 0. The molecule has 0 unspecified atom stereocenters. The molecule has 1 aromatic rings. The fourth-order valence-electron chi connectivity index (χ4n) is 1.47. The highest BCUT2D eigenvalue weighted by molar-refractivity contribution is 7.54. The fraction of sp³-hybridized carbons (Fsp3) is 0.417. The zero-order valence-corrected chi connectivity index (χ0v) is 11.3. The Morgan fingerprint density at radius 2 is 1.89 bits per heavy atom. The molecule has 0 spiro atoms. The maximum absolute atomic E-state index is 13.3. The van der Waals surface area contributed by atoms with Gasteiger partial charge in [0.25, 0.3) is 0 Å². The monoisotopic (exact) mass is 274 g/mol. The molecule has 0 aliphatic heterocycles. The van der Waals surface area contributed by atoms with Crippen molar-refractivity contribution in [3.05, 3.63) is 35.6 Å². The Bertz CT molecular complexity index is 453. The third-order valence-corrected chi connectivity index (χ3v) is 4.41. The van der Waals surface area contributed by atoms with Crippen molar-refractivity contribution >= 4 is 13.4 Å². The van der Waals surface area contributed by atoms with Crippen LogP contribution in [0.3, 0.4) is 0 Å². The molecule has 6 heteroatoms. The number of benzene rings is 1. The Morgan fingerprint density at radius 1 is 1.28 bits per heavy atom. The van der Waals surface area contributed by atoms with Gasteiger partial charge in [-0.05, 0) is 18.1 Å². The lowest BCUT2D eigenvalue weighted by atomic mass is 10.1. The molecular formula is C12H16FO4P. The topological polar surface area (TPSA) is 52.6 Å². The smallest absolute Gasteiger partial charge is 0.312 e. The van der Waals surface area contributed by atoms with Crippen molar-refractivity contribution in [3.63, 3.8) is 0 Å². The predicted molar refractivity (Wildman–Crippen MR) is 66.2 cm³/mol. The first-order valence-corrected chi connectivity index (χ1v) is 7.19. The van der Waals surface area contributed by atoms with Gasteiger partial charge in [-0.1, -0.05) is 18.2 Å². The van der Waals surface area contributed by atoms with E-state index < -0.39 is 7.60 Å². The van der Waals surface area contributed by atoms with Crippen LogP contribution in [0.4, 0.5) is 4.39 Å². The second-order valence-electron chi connectivity index (χ2n) is 3.76. The predicted octanol–water partition coefficient (Wildman–Crippen LogP) is 2.81. The second kappa shape index (κ2) is 6.78. The normalized spacial score (nSPS) is 11.5. The fourth-order valence-corrected chi connectivity index (χ4v) is 2.47. The van der Waals surface area contributed by atoms with Crippen LogP contribution in [0.25, 0.3) is 0 Å². The molecule has 18 heavy (non-hydrogen) atoms. The molecule has 0 N–H and O–H groups in total. The highest BCUT2D eigenvalue weighted by Gasteiger charge is 2.25. The Balaban J connectivity index is 2.52. The van der Waals surface area contributed by atoms with Gasteiger partial charge in [0.1, 0.15) is 17.8 Å². The van der Waals surface area contributed by atoms with Crippen LogP contribution in [0.1, 0.15) is 12.0 Å². The van der Waals surface area contributed by atoms with E-state index >= 15 is 0 Å². The minimum atomic E-state index is -3.31. The lowest BCUT2D eigenvalue weighted by Gasteiger charge is -2.12. The van der Waals surface area contributed by atoms with Crippen LogP contribution in [-0.2, 0) is 24.8 Å². The molecule has 0 heterocycles. The van der Waals surface area contributed by atoms with E-state index in [1.54, 1.807) is 18.2 Å². The lowest BCUT2D eigenvalue weighted by Crippen LogP contribution is -2.09. The van der Waals surface area contributed by atoms with E-state index in [4.69, 9.17) is 0 Å². The second-order valence-corrected chi connectivity index (χ2v) is 6.03. The molecule has 1 aromatic carbocycles. The summed E-state index contributed by atoms with van der Waals surface area (Å²) in [6, 6.07) is 6.26. The number of carbonyl (C=O) groups excluding carboxylic acids is 1. The SMILES string of the molecule is COP(=O)(CC(=O)CCc1ccccc1F)OC. The van der Waals surface area contributed by atoms with Crippen molar-refractivity contribution in [2.24, 2.45) is 0 Å². The average molecular weight is 274 g/mol. The Labute approximate surface area is 106 Å². The van der Waals surface area contributed by atoms with E-state index in [1.165, 1.54) is 20.3 Å². The zero-order chi connectivity index (χ0) is 13.6. The maximum atomic E-state index is 13.3. The van der Waals surface area contributed by atoms with Gasteiger partial charge in [-0.15, -0.1) is 0 Å². The Hall–Kier alpha value is -1.03. The van der Waals surface area contributed by atoms with E-state index in [2.05, 4.69) is 9.05 Å². The maximum Gasteiger partial charge on any atom is 0.337 e. The molecule has 100 valence electrons. The lowest BCUT2D eigenvalue weighted by molar-refractivity contribution is -0.116. The number of hydrogen-bond acceptors (Lipinski definition) is 4. The van der Waals surface area contributed by atoms with Crippen molar-refractivity contribution in [2.45, 2.75) is 12.8 Å². The van der Waals surface area contributed by atoms with E-state index in [-0.39, 0.29) is 30.6 Å². The first kappa shape index (κ1) is 15.0. The van der Waals surface area contributed by atoms with E-state index in [0.29, 0.717) is 5.56 Å². The average Bonchev–Trinajstić information content (AvgIpc) is 2.37. The van der Waals surface area contributed by atoms with Crippen molar-refractivity contribution < 1.29 is 22.8 Å². The molecule has 0 amide bonds. The summed E-state index contributed by atoms with van der Waals surface area (Å²) in [6.45, 7) is 0. The van der Waals surface area contributed by atoms with Gasteiger partial charge in [0.15, 0.2) is 0 Å². The molecule has 0 bridgehead atoms. The standard InChI is InChI=1S/C12H16FO4P/c1-16-18(15,17-2)9-11(14)8-7-10-5-3-4-6-12(10)13/h3-6H,7-9H2,1-2H3. The van der Waals surface area contributed by atoms with Gasteiger partial charge < -0.3 is 9.05 Å². The highest BCUT2D eigenvalue weighted by Crippen LogP contribution is 2.46. The van der Waals surface area contributed by atoms with Gasteiger partial charge in [0.05, 0.1) is 0 Å². The summed E-state index contributed by atoms with van der Waals surface area (Å²) < 4.78 is 34.3. The molecule has 0 radical (unpaired) electrons. The molecular weight excluding hydrogens is 258 g/mol. The summed E-state index contributed by atoms with van der Waals surface area (Å²) in [5.41, 5.74) is 0.468. The van der Waals surface area contributed by atoms with Crippen LogP contribution in [0.15, 0.2) is 24.3 Å². The minimum absolute atomic E-state index is 0.109. The van der Waals surface area contributed by atoms with E-state index in [1.807, 2.05) is 0 Å². The molecule has 0 saturated heterocycles. The van der Waals surface area contributed by atoms with Crippen LogP contribution >= 0.6 is 7.60 Å². The first-order valence-electron chi connectivity index (χ1n) is 5.46. The van der Waals surface area contributed by atoms with Gasteiger partial charge in [-0.2, -0.15) is 0 Å². The van der Waals surface area contributed by atoms with Gasteiger partial charge >= 0.3 is 7.60 Å². The summed E-state index contributed by atoms with van der Waals surface area (Å²) in [4.78, 5) is 11.6. The van der Waals surface area contributed by atoms with E-state index in [9.17, 15) is 13.8 Å². The summed E-state index contributed by atoms with van der Waals surface area (Å²) >= 11 is 0. The summed E-state index contributed by atoms with van der Waals surface area (Å²) in [6.07, 6.45) is 0.102. The van der Waals surface area contributed by atoms with Crippen LogP contribution in [0, 0.1) is 5.82 Å². The Morgan fingerprint density at radius 3 is 2.44 bits per heavy atom. The van der Waals surface area contributed by atoms with Crippen molar-refractivity contribution in [2.75, 3.05) is 20.4 Å². The van der Waals surface area contributed by atoms with Crippen molar-refractivity contribution in [3.8, 4) is 0 Å². The minimum Gasteiger partial charge on any atom is -0.312 e. The molecule has 1 rings (SSSR count). The van der Waals surface area contributed by atoms with Gasteiger partial charge in [-0.3, -0.25) is 9.36 Å². The number of rotatable bonds is 7. The van der Waals surface area contributed by atoms with Crippen LogP contribution in [-0.4, -0.2) is 26.2 Å². The largest absolute Gasteiger partial charge is 0.337 e. The zero-order valence-electron chi connectivity index (χ0n) is 10.4. The number of ketones is 1. The van der Waals surface area contributed by atoms with E-state index in [0.717, 1.165) is 0 Å². The molecule has 0 aliphatic carbocycles. The summed E-state index contributed by atoms with van der Waals surface area (Å²) in [5.74, 6) is -0.614. The molecule has 0 saturated carbocycles. The van der Waals surface area contributed by atoms with Gasteiger partial charge in [-0.25, -0.2) is 4.39 Å². The quantitative estimate of drug-likeness (QED) is 0.717. The van der Waals surface area contributed by atoms with Crippen LogP contribution < -0.4 is 0 Å². The number of Topliss-reactive ketones (excluding diaryl/α,β-unsaturated/α-hetero) is 1. The van der Waals surface area contributed by atoms with Crippen molar-refractivity contribution in [1.29, 1.82) is 0 Å². The third-order valence-electron chi connectivity index (χ3n) is 2.56. The first-order chi connectivity index (χ1) is 8.50. The van der Waals surface area contributed by atoms with Crippen LogP contribution in [0.5, 0.6) is 0 Å². The molecule has 0 aromatic heterocycles. The highest BCUT2D eigenvalue weighted by atomic mass is 31.2.